The van der Waals surface area contributed by atoms with Crippen LogP contribution in [0.25, 0.3) is 22.4 Å². The molecule has 1 aliphatic heterocycles. The number of aliphatic hydroxyl groups is 1. The first-order chi connectivity index (χ1) is 12.8. The second-order valence-corrected chi connectivity index (χ2v) is 7.14. The van der Waals surface area contributed by atoms with Crippen LogP contribution in [-0.2, 0) is 6.54 Å². The lowest BCUT2D eigenvalue weighted by atomic mass is 9.98. The maximum atomic E-state index is 9.44. The molecule has 0 bridgehead atoms. The van der Waals surface area contributed by atoms with Crippen molar-refractivity contribution in [1.82, 2.24) is 15.1 Å². The average Bonchev–Trinajstić information content (AvgIpc) is 3.17. The van der Waals surface area contributed by atoms with Gasteiger partial charge in [-0.2, -0.15) is 5.10 Å². The molecule has 2 aromatic carbocycles. The third kappa shape index (κ3) is 3.71. The molecule has 1 unspecified atom stereocenters. The number of aliphatic hydroxyl groups excluding tert-OH is 1. The number of hydrogen-bond acceptors (Lipinski definition) is 3. The molecular weight excluding hydrogens is 322 g/mol. The number of piperidine rings is 1. The highest BCUT2D eigenvalue weighted by atomic mass is 16.3. The van der Waals surface area contributed by atoms with Crippen molar-refractivity contribution in [2.45, 2.75) is 19.4 Å². The summed E-state index contributed by atoms with van der Waals surface area (Å²) in [7, 11) is 0. The fraction of sp³-hybridized carbons (Fsp3) is 0.318. The summed E-state index contributed by atoms with van der Waals surface area (Å²) in [6, 6.07) is 19.1. The molecule has 4 nitrogen and oxygen atoms in total. The molecule has 1 aromatic heterocycles. The molecule has 0 aliphatic carbocycles. The van der Waals surface area contributed by atoms with Crippen LogP contribution in [0.1, 0.15) is 18.4 Å². The van der Waals surface area contributed by atoms with Gasteiger partial charge in [0.05, 0.1) is 11.9 Å². The summed E-state index contributed by atoms with van der Waals surface area (Å²) < 4.78 is 0. The molecule has 2 N–H and O–H groups in total. The van der Waals surface area contributed by atoms with Gasteiger partial charge in [-0.25, -0.2) is 0 Å². The number of likely N-dealkylation sites (tertiary alicyclic amines) is 1. The number of benzene rings is 2. The second-order valence-electron chi connectivity index (χ2n) is 7.14. The molecule has 134 valence electrons. The van der Waals surface area contributed by atoms with Crippen LogP contribution in [0.3, 0.4) is 0 Å². The van der Waals surface area contributed by atoms with E-state index in [1.54, 1.807) is 0 Å². The summed E-state index contributed by atoms with van der Waals surface area (Å²) in [5.41, 5.74) is 5.92. The zero-order chi connectivity index (χ0) is 17.8. The first-order valence-corrected chi connectivity index (χ1v) is 9.35. The second kappa shape index (κ2) is 7.85. The van der Waals surface area contributed by atoms with E-state index in [-0.39, 0.29) is 6.61 Å². The lowest BCUT2D eigenvalue weighted by molar-refractivity contribution is 0.116. The first kappa shape index (κ1) is 17.0. The molecular formula is C22H25N3O. The molecule has 1 saturated heterocycles. The minimum absolute atomic E-state index is 0.287. The minimum Gasteiger partial charge on any atom is -0.396 e. The van der Waals surface area contributed by atoms with E-state index in [0.717, 1.165) is 43.7 Å². The number of aromatic amines is 1. The largest absolute Gasteiger partial charge is 0.396 e. The Hall–Kier alpha value is -2.43. The molecule has 1 fully saturated rings. The summed E-state index contributed by atoms with van der Waals surface area (Å²) in [4.78, 5) is 2.43. The number of nitrogens with one attached hydrogen (secondary N) is 1. The number of rotatable bonds is 5. The smallest absolute Gasteiger partial charge is 0.0695 e. The van der Waals surface area contributed by atoms with Crippen molar-refractivity contribution in [3.05, 3.63) is 66.4 Å². The Bertz CT molecular complexity index is 826. The third-order valence-corrected chi connectivity index (χ3v) is 5.25. The molecule has 0 amide bonds. The van der Waals surface area contributed by atoms with Crippen LogP contribution in [0.2, 0.25) is 0 Å². The van der Waals surface area contributed by atoms with Gasteiger partial charge in [-0.3, -0.25) is 10.00 Å². The fourth-order valence-corrected chi connectivity index (χ4v) is 3.83. The number of nitrogens with zero attached hydrogens (tertiary/aromatic N) is 2. The molecule has 26 heavy (non-hydrogen) atoms. The molecule has 3 aromatic rings. The summed E-state index contributed by atoms with van der Waals surface area (Å²) in [6.07, 6.45) is 4.22. The monoisotopic (exact) mass is 347 g/mol. The summed E-state index contributed by atoms with van der Waals surface area (Å²) in [6.45, 7) is 3.22. The van der Waals surface area contributed by atoms with Gasteiger partial charge in [0.1, 0.15) is 0 Å². The standard InChI is InChI=1S/C22H25N3O/c26-16-17-5-4-12-25(14-17)15-21-13-23-24-22(21)20-10-8-19(9-11-20)18-6-2-1-3-7-18/h1-3,6-11,13,17,26H,4-5,12,14-16H2,(H,23,24). The van der Waals surface area contributed by atoms with Crippen LogP contribution in [0, 0.1) is 5.92 Å². The molecule has 4 rings (SSSR count). The van der Waals surface area contributed by atoms with Crippen LogP contribution in [0.15, 0.2) is 60.8 Å². The third-order valence-electron chi connectivity index (χ3n) is 5.25. The van der Waals surface area contributed by atoms with Crippen molar-refractivity contribution in [2.24, 2.45) is 5.92 Å². The molecule has 4 heteroatoms. The van der Waals surface area contributed by atoms with Crippen molar-refractivity contribution < 1.29 is 5.11 Å². The number of H-pyrrole nitrogens is 1. The first-order valence-electron chi connectivity index (χ1n) is 9.35. The van der Waals surface area contributed by atoms with Gasteiger partial charge < -0.3 is 5.11 Å². The van der Waals surface area contributed by atoms with Crippen LogP contribution in [0.4, 0.5) is 0 Å². The van der Waals surface area contributed by atoms with E-state index in [1.165, 1.54) is 16.7 Å². The lowest BCUT2D eigenvalue weighted by Gasteiger charge is -2.31. The predicted octanol–water partition coefficient (Wildman–Crippen LogP) is 3.95. The van der Waals surface area contributed by atoms with Crippen LogP contribution < -0.4 is 0 Å². The Kier molecular flexibility index (Phi) is 5.14. The maximum absolute atomic E-state index is 9.44. The lowest BCUT2D eigenvalue weighted by Crippen LogP contribution is -2.36. The van der Waals surface area contributed by atoms with Crippen molar-refractivity contribution in [1.29, 1.82) is 0 Å². The van der Waals surface area contributed by atoms with E-state index in [1.807, 2.05) is 12.3 Å². The topological polar surface area (TPSA) is 52.1 Å². The van der Waals surface area contributed by atoms with E-state index < -0.39 is 0 Å². The van der Waals surface area contributed by atoms with Gasteiger partial charge in [0, 0.05) is 25.3 Å². The van der Waals surface area contributed by atoms with Gasteiger partial charge in [0.2, 0.25) is 0 Å². The van der Waals surface area contributed by atoms with Crippen molar-refractivity contribution >= 4 is 0 Å². The zero-order valence-electron chi connectivity index (χ0n) is 14.9. The van der Waals surface area contributed by atoms with Gasteiger partial charge in [0.15, 0.2) is 0 Å². The van der Waals surface area contributed by atoms with Gasteiger partial charge in [-0.1, -0.05) is 54.6 Å². The van der Waals surface area contributed by atoms with Crippen LogP contribution in [-0.4, -0.2) is 39.9 Å². The Morgan fingerprint density at radius 3 is 2.50 bits per heavy atom. The van der Waals surface area contributed by atoms with Crippen LogP contribution in [0.5, 0.6) is 0 Å². The van der Waals surface area contributed by atoms with E-state index >= 15 is 0 Å². The fourth-order valence-electron chi connectivity index (χ4n) is 3.83. The Morgan fingerprint density at radius 2 is 1.73 bits per heavy atom. The Balaban J connectivity index is 1.51. The van der Waals surface area contributed by atoms with Crippen molar-refractivity contribution in [3.8, 4) is 22.4 Å². The van der Waals surface area contributed by atoms with E-state index in [9.17, 15) is 5.11 Å². The van der Waals surface area contributed by atoms with E-state index in [4.69, 9.17) is 0 Å². The summed E-state index contributed by atoms with van der Waals surface area (Å²) in [5.74, 6) is 0.407. The highest BCUT2D eigenvalue weighted by Crippen LogP contribution is 2.27. The molecule has 2 heterocycles. The van der Waals surface area contributed by atoms with Crippen molar-refractivity contribution in [3.63, 3.8) is 0 Å². The normalized spacial score (nSPS) is 18.1. The van der Waals surface area contributed by atoms with Crippen LogP contribution >= 0.6 is 0 Å². The highest BCUT2D eigenvalue weighted by Gasteiger charge is 2.20. The Morgan fingerprint density at radius 1 is 1.00 bits per heavy atom. The van der Waals surface area contributed by atoms with E-state index in [0.29, 0.717) is 5.92 Å². The van der Waals surface area contributed by atoms with E-state index in [2.05, 4.69) is 63.6 Å². The molecule has 0 radical (unpaired) electrons. The number of aromatic nitrogens is 2. The van der Waals surface area contributed by atoms with Gasteiger partial charge in [0.25, 0.3) is 0 Å². The molecule has 1 aliphatic rings. The van der Waals surface area contributed by atoms with Gasteiger partial charge in [-0.05, 0) is 42.0 Å². The minimum atomic E-state index is 0.287. The van der Waals surface area contributed by atoms with Crippen molar-refractivity contribution in [2.75, 3.05) is 19.7 Å². The Labute approximate surface area is 154 Å². The molecule has 0 spiro atoms. The maximum Gasteiger partial charge on any atom is 0.0695 e. The zero-order valence-corrected chi connectivity index (χ0v) is 14.9. The summed E-state index contributed by atoms with van der Waals surface area (Å²) in [5, 5.41) is 16.9. The quantitative estimate of drug-likeness (QED) is 0.735. The summed E-state index contributed by atoms with van der Waals surface area (Å²) >= 11 is 0. The SMILES string of the molecule is OCC1CCCN(Cc2cn[nH]c2-c2ccc(-c3ccccc3)cc2)C1. The predicted molar refractivity (Wildman–Crippen MR) is 105 cm³/mol. The average molecular weight is 347 g/mol. The number of hydrogen-bond donors (Lipinski definition) is 2. The van der Waals surface area contributed by atoms with Gasteiger partial charge >= 0.3 is 0 Å². The van der Waals surface area contributed by atoms with Gasteiger partial charge in [-0.15, -0.1) is 0 Å². The molecule has 1 atom stereocenters. The highest BCUT2D eigenvalue weighted by molar-refractivity contribution is 5.69. The molecule has 0 saturated carbocycles.